The Morgan fingerprint density at radius 3 is 2.74 bits per heavy atom. The van der Waals surface area contributed by atoms with E-state index in [1.165, 1.54) is 6.20 Å². The smallest absolute Gasteiger partial charge is 0.259 e. The molecule has 2 rings (SSSR count). The van der Waals surface area contributed by atoms with Crippen LogP contribution in [0.3, 0.4) is 0 Å². The lowest BCUT2D eigenvalue weighted by molar-refractivity contribution is 0.578. The van der Waals surface area contributed by atoms with Crippen molar-refractivity contribution in [3.05, 3.63) is 41.9 Å². The first-order valence-corrected chi connectivity index (χ1v) is 7.21. The monoisotopic (exact) mass is 280 g/mol. The Hall–Kier alpha value is -1.86. The van der Waals surface area contributed by atoms with E-state index < -0.39 is 10.0 Å². The summed E-state index contributed by atoms with van der Waals surface area (Å²) >= 11 is 0. The number of anilines is 1. The lowest BCUT2D eigenvalue weighted by Gasteiger charge is -2.05. The first kappa shape index (κ1) is 13.6. The van der Waals surface area contributed by atoms with Crippen LogP contribution in [0.4, 0.5) is 5.69 Å². The Balaban J connectivity index is 2.14. The second-order valence-corrected chi connectivity index (χ2v) is 6.02. The van der Waals surface area contributed by atoms with Gasteiger partial charge < -0.3 is 10.3 Å². The van der Waals surface area contributed by atoms with Crippen molar-refractivity contribution in [2.45, 2.75) is 18.5 Å². The van der Waals surface area contributed by atoms with Gasteiger partial charge in [0.1, 0.15) is 5.82 Å². The molecule has 1 aromatic carbocycles. The highest BCUT2D eigenvalue weighted by atomic mass is 32.2. The zero-order chi connectivity index (χ0) is 14.0. The highest BCUT2D eigenvalue weighted by molar-refractivity contribution is 7.89. The van der Waals surface area contributed by atoms with Crippen LogP contribution in [-0.2, 0) is 23.6 Å². The molecular formula is C12H16N4O2S. The van der Waals surface area contributed by atoms with E-state index in [0.29, 0.717) is 11.5 Å². The number of imidazole rings is 1. The molecule has 7 heteroatoms. The number of hydrogen-bond acceptors (Lipinski definition) is 4. The second kappa shape index (κ2) is 5.02. The number of aromatic nitrogens is 2. The molecule has 2 aromatic rings. The molecule has 1 heterocycles. The third-order valence-corrected chi connectivity index (χ3v) is 4.05. The van der Waals surface area contributed by atoms with Gasteiger partial charge in [-0.3, -0.25) is 0 Å². The van der Waals surface area contributed by atoms with Crippen LogP contribution in [0.5, 0.6) is 0 Å². The van der Waals surface area contributed by atoms with E-state index in [1.54, 1.807) is 36.7 Å². The molecule has 19 heavy (non-hydrogen) atoms. The summed E-state index contributed by atoms with van der Waals surface area (Å²) in [6.07, 6.45) is 1.48. The SMILES string of the molecule is Cc1nc(S(=O)(=O)NCc2cccc(N)c2)cn1C. The lowest BCUT2D eigenvalue weighted by atomic mass is 10.2. The maximum atomic E-state index is 12.0. The zero-order valence-corrected chi connectivity index (χ0v) is 11.6. The number of nitrogens with two attached hydrogens (primary N) is 1. The largest absolute Gasteiger partial charge is 0.399 e. The quantitative estimate of drug-likeness (QED) is 0.810. The predicted molar refractivity (Wildman–Crippen MR) is 72.8 cm³/mol. The van der Waals surface area contributed by atoms with Gasteiger partial charge in [-0.25, -0.2) is 18.1 Å². The van der Waals surface area contributed by atoms with Gasteiger partial charge in [-0.1, -0.05) is 12.1 Å². The van der Waals surface area contributed by atoms with E-state index in [4.69, 9.17) is 5.73 Å². The van der Waals surface area contributed by atoms with Crippen LogP contribution in [-0.4, -0.2) is 18.0 Å². The van der Waals surface area contributed by atoms with E-state index in [-0.39, 0.29) is 11.6 Å². The standard InChI is InChI=1S/C12H16N4O2S/c1-9-15-12(8-16(9)2)19(17,18)14-7-10-4-3-5-11(13)6-10/h3-6,8,14H,7,13H2,1-2H3. The van der Waals surface area contributed by atoms with Crippen LogP contribution in [0.15, 0.2) is 35.5 Å². The van der Waals surface area contributed by atoms with E-state index in [1.807, 2.05) is 6.07 Å². The minimum atomic E-state index is -3.60. The van der Waals surface area contributed by atoms with Crippen LogP contribution >= 0.6 is 0 Å². The number of benzene rings is 1. The number of nitrogens with one attached hydrogen (secondary N) is 1. The second-order valence-electron chi connectivity index (χ2n) is 4.31. The van der Waals surface area contributed by atoms with Crippen LogP contribution in [0.1, 0.15) is 11.4 Å². The normalized spacial score (nSPS) is 11.7. The maximum Gasteiger partial charge on any atom is 0.259 e. The zero-order valence-electron chi connectivity index (χ0n) is 10.8. The molecule has 0 bridgehead atoms. The molecule has 1 aromatic heterocycles. The lowest BCUT2D eigenvalue weighted by Crippen LogP contribution is -2.23. The Morgan fingerprint density at radius 1 is 1.42 bits per heavy atom. The fraction of sp³-hybridized carbons (Fsp3) is 0.250. The first-order chi connectivity index (χ1) is 8.88. The molecule has 0 atom stereocenters. The van der Waals surface area contributed by atoms with E-state index in [2.05, 4.69) is 9.71 Å². The topological polar surface area (TPSA) is 90.0 Å². The van der Waals surface area contributed by atoms with Crippen molar-refractivity contribution in [2.24, 2.45) is 7.05 Å². The summed E-state index contributed by atoms with van der Waals surface area (Å²) in [7, 11) is -1.85. The molecule has 0 saturated carbocycles. The number of nitrogen functional groups attached to an aromatic ring is 1. The molecule has 102 valence electrons. The van der Waals surface area contributed by atoms with E-state index in [9.17, 15) is 8.42 Å². The van der Waals surface area contributed by atoms with Crippen molar-refractivity contribution in [2.75, 3.05) is 5.73 Å². The Kier molecular flexibility index (Phi) is 3.59. The summed E-state index contributed by atoms with van der Waals surface area (Å²) in [6.45, 7) is 1.93. The molecule has 0 amide bonds. The van der Waals surface area contributed by atoms with Gasteiger partial charge >= 0.3 is 0 Å². The molecule has 6 nitrogen and oxygen atoms in total. The van der Waals surface area contributed by atoms with Crippen LogP contribution < -0.4 is 10.5 Å². The molecule has 0 spiro atoms. The summed E-state index contributed by atoms with van der Waals surface area (Å²) in [5, 5.41) is 0.0244. The number of nitrogens with zero attached hydrogens (tertiary/aromatic N) is 2. The number of sulfonamides is 1. The minimum absolute atomic E-state index is 0.0244. The van der Waals surface area contributed by atoms with E-state index >= 15 is 0 Å². The van der Waals surface area contributed by atoms with Gasteiger partial charge in [0, 0.05) is 25.5 Å². The minimum Gasteiger partial charge on any atom is -0.399 e. The van der Waals surface area contributed by atoms with Crippen LogP contribution in [0.25, 0.3) is 0 Å². The Bertz CT molecular complexity index is 672. The summed E-state index contributed by atoms with van der Waals surface area (Å²) in [4.78, 5) is 4.00. The fourth-order valence-electron chi connectivity index (χ4n) is 1.61. The van der Waals surface area contributed by atoms with Crippen molar-refractivity contribution in [1.29, 1.82) is 0 Å². The van der Waals surface area contributed by atoms with Crippen molar-refractivity contribution >= 4 is 15.7 Å². The summed E-state index contributed by atoms with van der Waals surface area (Å²) in [6, 6.07) is 7.07. The van der Waals surface area contributed by atoms with Crippen LogP contribution in [0, 0.1) is 6.92 Å². The van der Waals surface area contributed by atoms with Crippen molar-refractivity contribution < 1.29 is 8.42 Å². The van der Waals surface area contributed by atoms with Gasteiger partial charge in [0.25, 0.3) is 10.0 Å². The average molecular weight is 280 g/mol. The predicted octanol–water partition coefficient (Wildman–Crippen LogP) is 0.789. The highest BCUT2D eigenvalue weighted by Crippen LogP contribution is 2.10. The summed E-state index contributed by atoms with van der Waals surface area (Å²) in [5.41, 5.74) is 7.04. The third kappa shape index (κ3) is 3.12. The number of rotatable bonds is 4. The van der Waals surface area contributed by atoms with Gasteiger partial charge in [-0.15, -0.1) is 0 Å². The van der Waals surface area contributed by atoms with Gasteiger partial charge in [-0.05, 0) is 24.6 Å². The molecule has 0 fully saturated rings. The van der Waals surface area contributed by atoms with Gasteiger partial charge in [0.2, 0.25) is 0 Å². The summed E-state index contributed by atoms with van der Waals surface area (Å²) < 4.78 is 28.2. The van der Waals surface area contributed by atoms with Crippen LogP contribution in [0.2, 0.25) is 0 Å². The Morgan fingerprint density at radius 2 is 2.16 bits per heavy atom. The van der Waals surface area contributed by atoms with Gasteiger partial charge in [0.15, 0.2) is 5.03 Å². The van der Waals surface area contributed by atoms with Crippen molar-refractivity contribution in [3.8, 4) is 0 Å². The Labute approximate surface area is 112 Å². The summed E-state index contributed by atoms with van der Waals surface area (Å²) in [5.74, 6) is 0.643. The van der Waals surface area contributed by atoms with E-state index in [0.717, 1.165) is 5.56 Å². The molecule has 0 aliphatic heterocycles. The molecular weight excluding hydrogens is 264 g/mol. The number of hydrogen-bond donors (Lipinski definition) is 2. The maximum absolute atomic E-state index is 12.0. The molecule has 0 aliphatic carbocycles. The van der Waals surface area contributed by atoms with Gasteiger partial charge in [0.05, 0.1) is 0 Å². The average Bonchev–Trinajstić information content (AvgIpc) is 2.68. The van der Waals surface area contributed by atoms with Gasteiger partial charge in [-0.2, -0.15) is 0 Å². The molecule has 0 saturated heterocycles. The van der Waals surface area contributed by atoms with Crippen molar-refractivity contribution in [3.63, 3.8) is 0 Å². The van der Waals surface area contributed by atoms with Crippen molar-refractivity contribution in [1.82, 2.24) is 14.3 Å². The highest BCUT2D eigenvalue weighted by Gasteiger charge is 2.17. The molecule has 0 aliphatic rings. The molecule has 0 unspecified atom stereocenters. The fourth-order valence-corrected chi connectivity index (χ4v) is 2.66. The molecule has 3 N–H and O–H groups in total. The molecule has 0 radical (unpaired) electrons. The third-order valence-electron chi connectivity index (χ3n) is 2.78. The first-order valence-electron chi connectivity index (χ1n) is 5.72. The number of aryl methyl sites for hydroxylation is 2.